The summed E-state index contributed by atoms with van der Waals surface area (Å²) < 4.78 is 10.8. The number of carbonyl (C=O) groups is 4. The summed E-state index contributed by atoms with van der Waals surface area (Å²) in [6.45, 7) is 5.90. The number of benzene rings is 2. The number of amides is 6. The number of ether oxygens (including phenoxy) is 2. The van der Waals surface area contributed by atoms with Crippen LogP contribution in [0, 0.1) is 23.7 Å². The summed E-state index contributed by atoms with van der Waals surface area (Å²) in [5, 5.41) is 5.86. The van der Waals surface area contributed by atoms with Crippen LogP contribution in [0.4, 0.5) is 19.2 Å². The third-order valence-electron chi connectivity index (χ3n) is 9.07. The molecule has 2 aromatic rings. The molecule has 14 nitrogen and oxygen atoms in total. The van der Waals surface area contributed by atoms with Gasteiger partial charge in [0.05, 0.1) is 13.2 Å². The summed E-state index contributed by atoms with van der Waals surface area (Å²) in [6, 6.07) is 15.3. The number of nitrogens with one attached hydrogen (secondary N) is 2. The molecule has 2 aliphatic heterocycles. The van der Waals surface area contributed by atoms with E-state index in [2.05, 4.69) is 34.3 Å². The third-order valence-corrected chi connectivity index (χ3v) is 9.07. The molecule has 2 aromatic carbocycles. The van der Waals surface area contributed by atoms with Gasteiger partial charge in [0.2, 0.25) is 0 Å². The van der Waals surface area contributed by atoms with Crippen LogP contribution in [0.1, 0.15) is 60.8 Å². The second-order valence-corrected chi connectivity index (χ2v) is 13.1. The Kier molecular flexibility index (Phi) is 17.8. The van der Waals surface area contributed by atoms with Crippen LogP contribution >= 0.6 is 0 Å². The zero-order chi connectivity index (χ0) is 38.4. The third kappa shape index (κ3) is 14.5. The fraction of sp³-hybridized carbons (Fsp3) is 0.500. The molecule has 0 unspecified atom stereocenters. The molecule has 6 amide bonds. The highest BCUT2D eigenvalue weighted by molar-refractivity contribution is 5.75. The molecular formula is C40H54N8O6. The van der Waals surface area contributed by atoms with E-state index >= 15 is 0 Å². The molecule has 2 heterocycles. The molecule has 4 rings (SSSR count). The van der Waals surface area contributed by atoms with Gasteiger partial charge in [-0.3, -0.25) is 0 Å². The Hall–Kier alpha value is -5.44. The first-order valence-corrected chi connectivity index (χ1v) is 18.8. The molecule has 290 valence electrons. The Balaban J connectivity index is 0.948. The maximum atomic E-state index is 12.6. The molecule has 0 bridgehead atoms. The number of carbonyl (C=O) groups excluding carboxylic acids is 4. The minimum absolute atomic E-state index is 0.153. The Bertz CT molecular complexity index is 1530. The summed E-state index contributed by atoms with van der Waals surface area (Å²) in [7, 11) is 0. The number of hydrogen-bond donors (Lipinski definition) is 4. The van der Waals surface area contributed by atoms with Crippen molar-refractivity contribution in [2.75, 3.05) is 65.6 Å². The first-order valence-electron chi connectivity index (χ1n) is 18.8. The Morgan fingerprint density at radius 2 is 0.926 bits per heavy atom. The van der Waals surface area contributed by atoms with Gasteiger partial charge >= 0.3 is 24.2 Å². The largest absolute Gasteiger partial charge is 0.449 e. The molecule has 0 atom stereocenters. The van der Waals surface area contributed by atoms with Gasteiger partial charge in [0.15, 0.2) is 0 Å². The molecule has 0 radical (unpaired) electrons. The van der Waals surface area contributed by atoms with Crippen LogP contribution in [-0.4, -0.2) is 109 Å². The van der Waals surface area contributed by atoms with E-state index in [1.807, 2.05) is 48.5 Å². The van der Waals surface area contributed by atoms with Crippen LogP contribution in [0.15, 0.2) is 48.5 Å². The first kappa shape index (κ1) is 41.3. The highest BCUT2D eigenvalue weighted by atomic mass is 16.6. The zero-order valence-corrected chi connectivity index (χ0v) is 31.2. The minimum Gasteiger partial charge on any atom is -0.449 e. The van der Waals surface area contributed by atoms with Crippen molar-refractivity contribution in [2.45, 2.75) is 64.7 Å². The molecule has 6 N–H and O–H groups in total. The highest BCUT2D eigenvalue weighted by Gasteiger charge is 2.26. The van der Waals surface area contributed by atoms with Gasteiger partial charge in [-0.25, -0.2) is 19.2 Å². The molecule has 0 aromatic heterocycles. The predicted molar refractivity (Wildman–Crippen MR) is 205 cm³/mol. The van der Waals surface area contributed by atoms with Crippen LogP contribution < -0.4 is 22.1 Å². The number of unbranched alkanes of at least 4 members (excludes halogenated alkanes) is 4. The fourth-order valence-electron chi connectivity index (χ4n) is 5.84. The lowest BCUT2D eigenvalue weighted by molar-refractivity contribution is 0.0803. The van der Waals surface area contributed by atoms with E-state index in [-0.39, 0.29) is 24.2 Å². The van der Waals surface area contributed by atoms with E-state index in [9.17, 15) is 19.2 Å². The normalized spacial score (nSPS) is 13.9. The molecule has 0 aliphatic carbocycles. The topological polar surface area (TPSA) is 176 Å². The van der Waals surface area contributed by atoms with Gasteiger partial charge in [-0.1, -0.05) is 60.4 Å². The van der Waals surface area contributed by atoms with Crippen molar-refractivity contribution in [1.29, 1.82) is 0 Å². The summed E-state index contributed by atoms with van der Waals surface area (Å²) in [5.41, 5.74) is 15.4. The maximum Gasteiger partial charge on any atom is 0.409 e. The molecule has 2 saturated heterocycles. The lowest BCUT2D eigenvalue weighted by atomic mass is 10.1. The molecular weight excluding hydrogens is 688 g/mol. The van der Waals surface area contributed by atoms with Gasteiger partial charge in [-0.05, 0) is 59.8 Å². The average Bonchev–Trinajstić information content (AvgIpc) is 3.22. The number of urea groups is 2. The number of piperazine rings is 2. The Labute approximate surface area is 318 Å². The quantitative estimate of drug-likeness (QED) is 0.168. The van der Waals surface area contributed by atoms with E-state index in [1.54, 1.807) is 19.6 Å². The van der Waals surface area contributed by atoms with Crippen molar-refractivity contribution in [2.24, 2.45) is 11.5 Å². The van der Waals surface area contributed by atoms with Gasteiger partial charge < -0.3 is 51.2 Å². The molecule has 14 heteroatoms. The van der Waals surface area contributed by atoms with Crippen LogP contribution in [0.25, 0.3) is 0 Å². The van der Waals surface area contributed by atoms with E-state index in [0.717, 1.165) is 35.1 Å². The second-order valence-electron chi connectivity index (χ2n) is 13.1. The molecule has 0 spiro atoms. The van der Waals surface area contributed by atoms with E-state index in [4.69, 9.17) is 20.9 Å². The van der Waals surface area contributed by atoms with Crippen molar-refractivity contribution in [3.8, 4) is 23.7 Å². The fourth-order valence-corrected chi connectivity index (χ4v) is 5.84. The predicted octanol–water partition coefficient (Wildman–Crippen LogP) is 3.58. The van der Waals surface area contributed by atoms with Crippen LogP contribution in [-0.2, 0) is 35.7 Å². The van der Waals surface area contributed by atoms with Gasteiger partial charge in [0, 0.05) is 91.4 Å². The molecule has 54 heavy (non-hydrogen) atoms. The summed E-state index contributed by atoms with van der Waals surface area (Å²) in [4.78, 5) is 56.7. The minimum atomic E-state index is -0.359. The maximum absolute atomic E-state index is 12.6. The molecule has 2 fully saturated rings. The van der Waals surface area contributed by atoms with Crippen LogP contribution in [0.2, 0.25) is 0 Å². The molecule has 2 aliphatic rings. The van der Waals surface area contributed by atoms with Crippen molar-refractivity contribution in [3.05, 3.63) is 70.8 Å². The first-order chi connectivity index (χ1) is 26.4. The zero-order valence-electron chi connectivity index (χ0n) is 31.2. The van der Waals surface area contributed by atoms with E-state index in [0.29, 0.717) is 117 Å². The monoisotopic (exact) mass is 742 g/mol. The number of hydrogen-bond acceptors (Lipinski definition) is 8. The number of nitrogens with zero attached hydrogens (tertiary/aromatic N) is 4. The highest BCUT2D eigenvalue weighted by Crippen LogP contribution is 2.10. The lowest BCUT2D eigenvalue weighted by Crippen LogP contribution is -2.53. The summed E-state index contributed by atoms with van der Waals surface area (Å²) >= 11 is 0. The summed E-state index contributed by atoms with van der Waals surface area (Å²) in [5.74, 6) is 11.8. The van der Waals surface area contributed by atoms with Crippen LogP contribution in [0.3, 0.4) is 0 Å². The lowest BCUT2D eigenvalue weighted by Gasteiger charge is -2.34. The van der Waals surface area contributed by atoms with Gasteiger partial charge in [-0.2, -0.15) is 0 Å². The standard InChI is InChI=1S/C40H54N8O6/c41-29-33-13-11-15-35(27-33)31-43-37(49)45-17-21-47(22-18-45)39(51)53-25-9-7-5-3-1-2-4-6-8-10-26-54-40(52)48-23-19-46(20-24-48)38(50)44-32-36-16-12-14-34(28-36)30-42/h11-16,27-28H,5-10,17-26,29-32,41-42H2,(H,43,49)(H,44,50). The average molecular weight is 743 g/mol. The van der Waals surface area contributed by atoms with E-state index < -0.39 is 0 Å². The molecule has 0 saturated carbocycles. The Morgan fingerprint density at radius 1 is 0.556 bits per heavy atom. The number of rotatable bonds is 14. The Morgan fingerprint density at radius 3 is 1.31 bits per heavy atom. The van der Waals surface area contributed by atoms with Crippen molar-refractivity contribution >= 4 is 24.2 Å². The summed E-state index contributed by atoms with van der Waals surface area (Å²) in [6.07, 6.45) is 3.60. The van der Waals surface area contributed by atoms with Crippen molar-refractivity contribution < 1.29 is 28.7 Å². The van der Waals surface area contributed by atoms with Gasteiger partial charge in [-0.15, -0.1) is 0 Å². The van der Waals surface area contributed by atoms with Gasteiger partial charge in [0.1, 0.15) is 0 Å². The smallest absolute Gasteiger partial charge is 0.409 e. The van der Waals surface area contributed by atoms with E-state index in [1.165, 1.54) is 0 Å². The number of nitrogens with two attached hydrogens (primary N) is 2. The van der Waals surface area contributed by atoms with Crippen molar-refractivity contribution in [1.82, 2.24) is 30.2 Å². The SMILES string of the molecule is NCc1cccc(CNC(=O)N2CCN(C(=O)OCCCCC#CC#CCCCCOC(=O)N3CCN(C(=O)NCc4cccc(CN)c4)CC3)CC2)c1. The van der Waals surface area contributed by atoms with Crippen molar-refractivity contribution in [3.63, 3.8) is 0 Å². The van der Waals surface area contributed by atoms with Gasteiger partial charge in [0.25, 0.3) is 0 Å². The second kappa shape index (κ2) is 23.3. The van der Waals surface area contributed by atoms with Crippen LogP contribution in [0.5, 0.6) is 0 Å².